The van der Waals surface area contributed by atoms with E-state index in [1.807, 2.05) is 6.07 Å². The van der Waals surface area contributed by atoms with Gasteiger partial charge in [0.15, 0.2) is 0 Å². The number of hydrazine groups is 1. The molecule has 0 aliphatic rings. The Morgan fingerprint density at radius 1 is 1.18 bits per heavy atom. The van der Waals surface area contributed by atoms with Gasteiger partial charge >= 0.3 is 0 Å². The summed E-state index contributed by atoms with van der Waals surface area (Å²) in [6, 6.07) is 8.70. The Bertz CT molecular complexity index is 415. The van der Waals surface area contributed by atoms with Gasteiger partial charge in [0.1, 0.15) is 0 Å². The Kier molecular flexibility index (Phi) is 4.75. The quantitative estimate of drug-likeness (QED) is 0.651. The van der Waals surface area contributed by atoms with Gasteiger partial charge in [-0.15, -0.1) is 0 Å². The smallest absolute Gasteiger partial charge is 0.257 e. The minimum Gasteiger partial charge on any atom is -0.343 e. The number of hydrogen-bond acceptors (Lipinski definition) is 3. The maximum atomic E-state index is 11.6. The summed E-state index contributed by atoms with van der Waals surface area (Å²) in [5, 5.41) is 2.50. The number of amides is 2. The van der Waals surface area contributed by atoms with E-state index in [0.29, 0.717) is 11.3 Å². The standard InChI is InChI=1S/C12H15N3O2/c1-9(2)14-15-11(16)8-13-12(17)10-6-4-3-5-7-10/h3-7,14H,1,8H2,2H3,(H,13,17)(H,15,16). The number of nitrogens with one attached hydrogen (secondary N) is 3. The van der Waals surface area contributed by atoms with Gasteiger partial charge in [-0.1, -0.05) is 24.8 Å². The summed E-state index contributed by atoms with van der Waals surface area (Å²) in [5.41, 5.74) is 6.09. The van der Waals surface area contributed by atoms with Crippen molar-refractivity contribution in [1.29, 1.82) is 0 Å². The number of carbonyl (C=O) groups excluding carboxylic acids is 2. The molecule has 90 valence electrons. The van der Waals surface area contributed by atoms with Crippen molar-refractivity contribution < 1.29 is 9.59 Å². The van der Waals surface area contributed by atoms with Gasteiger partial charge in [-0.25, -0.2) is 0 Å². The lowest BCUT2D eigenvalue weighted by Gasteiger charge is -2.08. The Hall–Kier alpha value is -2.30. The predicted molar refractivity (Wildman–Crippen MR) is 64.9 cm³/mol. The minimum absolute atomic E-state index is 0.0893. The van der Waals surface area contributed by atoms with Crippen molar-refractivity contribution in [2.45, 2.75) is 6.92 Å². The van der Waals surface area contributed by atoms with Crippen molar-refractivity contribution in [3.8, 4) is 0 Å². The number of benzene rings is 1. The summed E-state index contributed by atoms with van der Waals surface area (Å²) >= 11 is 0. The molecule has 17 heavy (non-hydrogen) atoms. The van der Waals surface area contributed by atoms with E-state index in [1.54, 1.807) is 31.2 Å². The lowest BCUT2D eigenvalue weighted by atomic mass is 10.2. The highest BCUT2D eigenvalue weighted by atomic mass is 16.2. The summed E-state index contributed by atoms with van der Waals surface area (Å²) < 4.78 is 0. The zero-order chi connectivity index (χ0) is 12.7. The van der Waals surface area contributed by atoms with Gasteiger partial charge in [0, 0.05) is 11.3 Å². The Labute approximate surface area is 99.9 Å². The van der Waals surface area contributed by atoms with Gasteiger partial charge in [-0.05, 0) is 19.1 Å². The summed E-state index contributed by atoms with van der Waals surface area (Å²) in [5.74, 6) is -0.617. The van der Waals surface area contributed by atoms with Crippen molar-refractivity contribution in [3.05, 3.63) is 48.2 Å². The third-order valence-electron chi connectivity index (χ3n) is 1.86. The lowest BCUT2D eigenvalue weighted by Crippen LogP contribution is -2.42. The van der Waals surface area contributed by atoms with Crippen molar-refractivity contribution in [1.82, 2.24) is 16.2 Å². The molecular weight excluding hydrogens is 218 g/mol. The average molecular weight is 233 g/mol. The molecule has 0 aliphatic heterocycles. The van der Waals surface area contributed by atoms with Gasteiger partial charge in [0.25, 0.3) is 11.8 Å². The van der Waals surface area contributed by atoms with Crippen molar-refractivity contribution in [3.63, 3.8) is 0 Å². The molecule has 5 nitrogen and oxygen atoms in total. The fourth-order valence-electron chi connectivity index (χ4n) is 1.07. The third-order valence-corrected chi connectivity index (χ3v) is 1.86. The van der Waals surface area contributed by atoms with Crippen LogP contribution in [0.15, 0.2) is 42.6 Å². The Balaban J connectivity index is 2.34. The van der Waals surface area contributed by atoms with Crippen LogP contribution >= 0.6 is 0 Å². The molecule has 0 fully saturated rings. The van der Waals surface area contributed by atoms with Crippen LogP contribution in [0.5, 0.6) is 0 Å². The van der Waals surface area contributed by atoms with E-state index in [9.17, 15) is 9.59 Å². The first-order valence-corrected chi connectivity index (χ1v) is 5.13. The molecule has 0 saturated heterocycles. The summed E-state index contributed by atoms with van der Waals surface area (Å²) in [7, 11) is 0. The SMILES string of the molecule is C=C(C)NNC(=O)CNC(=O)c1ccccc1. The maximum absolute atomic E-state index is 11.6. The molecule has 0 bridgehead atoms. The van der Waals surface area contributed by atoms with Crippen LogP contribution in [0.4, 0.5) is 0 Å². The van der Waals surface area contributed by atoms with Crippen LogP contribution in [-0.2, 0) is 4.79 Å². The van der Waals surface area contributed by atoms with Gasteiger partial charge < -0.3 is 10.7 Å². The molecule has 1 rings (SSSR count). The molecule has 0 heterocycles. The first-order chi connectivity index (χ1) is 8.09. The van der Waals surface area contributed by atoms with Crippen molar-refractivity contribution in [2.24, 2.45) is 0 Å². The Morgan fingerprint density at radius 2 is 1.82 bits per heavy atom. The van der Waals surface area contributed by atoms with Crippen LogP contribution in [0, 0.1) is 0 Å². The van der Waals surface area contributed by atoms with Crippen LogP contribution in [0.1, 0.15) is 17.3 Å². The molecule has 0 aliphatic carbocycles. The van der Waals surface area contributed by atoms with Crippen LogP contribution < -0.4 is 16.2 Å². The highest BCUT2D eigenvalue weighted by molar-refractivity contribution is 5.96. The lowest BCUT2D eigenvalue weighted by molar-refractivity contribution is -0.120. The number of rotatable bonds is 5. The number of carbonyl (C=O) groups is 2. The van der Waals surface area contributed by atoms with Gasteiger partial charge in [0.2, 0.25) is 0 Å². The van der Waals surface area contributed by atoms with E-state index in [4.69, 9.17) is 0 Å². The van der Waals surface area contributed by atoms with Crippen LogP contribution in [-0.4, -0.2) is 18.4 Å². The zero-order valence-corrected chi connectivity index (χ0v) is 9.62. The molecular formula is C12H15N3O2. The van der Waals surface area contributed by atoms with Gasteiger partial charge in [0.05, 0.1) is 6.54 Å². The molecule has 0 spiro atoms. The van der Waals surface area contributed by atoms with E-state index in [-0.39, 0.29) is 18.4 Å². The van der Waals surface area contributed by atoms with Crippen molar-refractivity contribution >= 4 is 11.8 Å². The number of allylic oxidation sites excluding steroid dienone is 1. The molecule has 3 N–H and O–H groups in total. The summed E-state index contributed by atoms with van der Waals surface area (Å²) in [4.78, 5) is 22.8. The molecule has 0 unspecified atom stereocenters. The molecule has 5 heteroatoms. The van der Waals surface area contributed by atoms with Crippen molar-refractivity contribution in [2.75, 3.05) is 6.54 Å². The molecule has 0 aromatic heterocycles. The largest absolute Gasteiger partial charge is 0.343 e. The van der Waals surface area contributed by atoms with Crippen LogP contribution in [0.25, 0.3) is 0 Å². The maximum Gasteiger partial charge on any atom is 0.257 e. The molecule has 1 aromatic rings. The highest BCUT2D eigenvalue weighted by Gasteiger charge is 2.06. The zero-order valence-electron chi connectivity index (χ0n) is 9.62. The monoisotopic (exact) mass is 233 g/mol. The number of hydrogen-bond donors (Lipinski definition) is 3. The van der Waals surface area contributed by atoms with E-state index in [2.05, 4.69) is 22.7 Å². The summed E-state index contributed by atoms with van der Waals surface area (Å²) in [6.45, 7) is 5.18. The van der Waals surface area contributed by atoms with E-state index in [0.717, 1.165) is 0 Å². The average Bonchev–Trinajstić information content (AvgIpc) is 2.34. The molecule has 1 aromatic carbocycles. The second-order valence-electron chi connectivity index (χ2n) is 3.50. The predicted octanol–water partition coefficient (Wildman–Crippen LogP) is 0.571. The van der Waals surface area contributed by atoms with Gasteiger partial charge in [-0.2, -0.15) is 0 Å². The van der Waals surface area contributed by atoms with Crippen LogP contribution in [0.2, 0.25) is 0 Å². The van der Waals surface area contributed by atoms with E-state index in [1.165, 1.54) is 0 Å². The summed E-state index contributed by atoms with van der Waals surface area (Å²) in [6.07, 6.45) is 0. The first-order valence-electron chi connectivity index (χ1n) is 5.13. The molecule has 0 saturated carbocycles. The molecule has 0 radical (unpaired) electrons. The molecule has 0 atom stereocenters. The van der Waals surface area contributed by atoms with E-state index < -0.39 is 0 Å². The molecule has 2 amide bonds. The fraction of sp³-hybridized carbons (Fsp3) is 0.167. The highest BCUT2D eigenvalue weighted by Crippen LogP contribution is 1.96. The Morgan fingerprint density at radius 3 is 2.41 bits per heavy atom. The third kappa shape index (κ3) is 4.83. The first kappa shape index (κ1) is 12.8. The topological polar surface area (TPSA) is 70.2 Å². The van der Waals surface area contributed by atoms with Gasteiger partial charge in [-0.3, -0.25) is 15.0 Å². The minimum atomic E-state index is -0.336. The fourth-order valence-corrected chi connectivity index (χ4v) is 1.07. The second-order valence-corrected chi connectivity index (χ2v) is 3.50. The van der Waals surface area contributed by atoms with E-state index >= 15 is 0 Å². The van der Waals surface area contributed by atoms with Crippen LogP contribution in [0.3, 0.4) is 0 Å². The second kappa shape index (κ2) is 6.32. The normalized spacial score (nSPS) is 9.24.